The van der Waals surface area contributed by atoms with E-state index in [1.54, 1.807) is 0 Å². The molecular formula is C14H19F2NO3S. The molecule has 0 aliphatic carbocycles. The molecule has 0 spiro atoms. The molecule has 7 heteroatoms. The minimum absolute atomic E-state index is 0.0394. The molecule has 1 fully saturated rings. The molecule has 118 valence electrons. The minimum atomic E-state index is -4.10. The van der Waals surface area contributed by atoms with Crippen LogP contribution < -0.4 is 0 Å². The molecule has 1 atom stereocenters. The number of nitrogens with zero attached hydrogens (tertiary/aromatic N) is 1. The smallest absolute Gasteiger partial charge is 0.246 e. The molecular weight excluding hydrogens is 300 g/mol. The summed E-state index contributed by atoms with van der Waals surface area (Å²) in [4.78, 5) is -0.688. The van der Waals surface area contributed by atoms with Crippen molar-refractivity contribution in [1.82, 2.24) is 4.31 Å². The van der Waals surface area contributed by atoms with E-state index in [4.69, 9.17) is 5.11 Å². The van der Waals surface area contributed by atoms with Gasteiger partial charge >= 0.3 is 0 Å². The van der Waals surface area contributed by atoms with Crippen molar-refractivity contribution >= 4 is 10.0 Å². The lowest BCUT2D eigenvalue weighted by molar-refractivity contribution is 0.245. The predicted molar refractivity (Wildman–Crippen MR) is 74.1 cm³/mol. The molecule has 1 aromatic rings. The van der Waals surface area contributed by atoms with E-state index in [-0.39, 0.29) is 11.6 Å². The average Bonchev–Trinajstić information content (AvgIpc) is 2.49. The highest BCUT2D eigenvalue weighted by molar-refractivity contribution is 7.89. The van der Waals surface area contributed by atoms with Crippen LogP contribution in [0.5, 0.6) is 0 Å². The maximum Gasteiger partial charge on any atom is 0.246 e. The number of sulfonamides is 1. The van der Waals surface area contributed by atoms with Crippen LogP contribution in [0.25, 0.3) is 0 Å². The third-order valence-corrected chi connectivity index (χ3v) is 5.82. The lowest BCUT2D eigenvalue weighted by Crippen LogP contribution is -2.43. The molecule has 0 bridgehead atoms. The molecule has 0 radical (unpaired) electrons. The SMILES string of the molecule is CCC1CCCCN1S(=O)(=O)c1cc(CO)cc(F)c1F. The summed E-state index contributed by atoms with van der Waals surface area (Å²) in [5.74, 6) is -2.64. The van der Waals surface area contributed by atoms with E-state index in [1.807, 2.05) is 6.92 Å². The molecule has 0 aromatic heterocycles. The van der Waals surface area contributed by atoms with Crippen LogP contribution >= 0.6 is 0 Å². The van der Waals surface area contributed by atoms with Crippen molar-refractivity contribution < 1.29 is 22.3 Å². The standard InChI is InChI=1S/C14H19F2NO3S/c1-2-11-5-3-4-6-17(11)21(19,20)13-8-10(9-18)7-12(15)14(13)16/h7-8,11,18H,2-6,9H2,1H3. The number of aliphatic hydroxyl groups excluding tert-OH is 1. The second kappa shape index (κ2) is 6.37. The number of piperidine rings is 1. The molecule has 2 rings (SSSR count). The molecule has 1 N–H and O–H groups in total. The second-order valence-corrected chi connectivity index (χ2v) is 7.08. The van der Waals surface area contributed by atoms with Crippen molar-refractivity contribution in [1.29, 1.82) is 0 Å². The highest BCUT2D eigenvalue weighted by Gasteiger charge is 2.35. The van der Waals surface area contributed by atoms with Gasteiger partial charge in [0, 0.05) is 12.6 Å². The first-order valence-corrected chi connectivity index (χ1v) is 8.46. The summed E-state index contributed by atoms with van der Waals surface area (Å²) in [7, 11) is -4.10. The van der Waals surface area contributed by atoms with E-state index >= 15 is 0 Å². The van der Waals surface area contributed by atoms with Crippen molar-refractivity contribution in [2.24, 2.45) is 0 Å². The monoisotopic (exact) mass is 319 g/mol. The zero-order valence-electron chi connectivity index (χ0n) is 11.8. The Hall–Kier alpha value is -1.05. The maximum atomic E-state index is 13.9. The summed E-state index contributed by atoms with van der Waals surface area (Å²) in [6.07, 6.45) is 2.99. The van der Waals surface area contributed by atoms with Gasteiger partial charge in [-0.25, -0.2) is 17.2 Å². The van der Waals surface area contributed by atoms with Crippen LogP contribution in [0.2, 0.25) is 0 Å². The molecule has 0 saturated carbocycles. The summed E-state index contributed by atoms with van der Waals surface area (Å²) in [5, 5.41) is 9.05. The van der Waals surface area contributed by atoms with E-state index in [9.17, 15) is 17.2 Å². The third-order valence-electron chi connectivity index (χ3n) is 3.87. The Morgan fingerprint density at radius 2 is 2.05 bits per heavy atom. The van der Waals surface area contributed by atoms with Gasteiger partial charge in [-0.3, -0.25) is 0 Å². The van der Waals surface area contributed by atoms with Crippen LogP contribution in [-0.4, -0.2) is 30.4 Å². The van der Waals surface area contributed by atoms with Gasteiger partial charge in [-0.1, -0.05) is 13.3 Å². The Bertz CT molecular complexity index is 619. The van der Waals surface area contributed by atoms with E-state index in [0.717, 1.165) is 25.0 Å². The van der Waals surface area contributed by atoms with Gasteiger partial charge in [0.15, 0.2) is 11.6 Å². The Kier molecular flexibility index (Phi) is 4.95. The molecule has 21 heavy (non-hydrogen) atoms. The minimum Gasteiger partial charge on any atom is -0.392 e. The number of benzene rings is 1. The number of hydrogen-bond donors (Lipinski definition) is 1. The molecule has 1 aliphatic rings. The fourth-order valence-electron chi connectivity index (χ4n) is 2.72. The molecule has 4 nitrogen and oxygen atoms in total. The van der Waals surface area contributed by atoms with E-state index in [0.29, 0.717) is 19.4 Å². The normalized spacial score (nSPS) is 20.7. The van der Waals surface area contributed by atoms with Crippen molar-refractivity contribution in [2.45, 2.75) is 50.2 Å². The van der Waals surface area contributed by atoms with Crippen molar-refractivity contribution in [3.05, 3.63) is 29.3 Å². The van der Waals surface area contributed by atoms with Gasteiger partial charge in [0.2, 0.25) is 10.0 Å². The fourth-order valence-corrected chi connectivity index (χ4v) is 4.61. The van der Waals surface area contributed by atoms with E-state index in [2.05, 4.69) is 0 Å². The topological polar surface area (TPSA) is 57.6 Å². The molecule has 1 heterocycles. The molecule has 0 amide bonds. The van der Waals surface area contributed by atoms with Crippen LogP contribution in [0.15, 0.2) is 17.0 Å². The summed E-state index contributed by atoms with van der Waals surface area (Å²) in [5.41, 5.74) is 0.0394. The number of hydrogen-bond acceptors (Lipinski definition) is 3. The third kappa shape index (κ3) is 3.09. The van der Waals surface area contributed by atoms with E-state index < -0.39 is 33.2 Å². The molecule has 1 aliphatic heterocycles. The Balaban J connectivity index is 2.50. The van der Waals surface area contributed by atoms with Gasteiger partial charge in [0.1, 0.15) is 4.90 Å². The van der Waals surface area contributed by atoms with Crippen LogP contribution in [0.1, 0.15) is 38.2 Å². The molecule has 1 unspecified atom stereocenters. The van der Waals surface area contributed by atoms with Crippen molar-refractivity contribution in [3.8, 4) is 0 Å². The van der Waals surface area contributed by atoms with Crippen LogP contribution in [0, 0.1) is 11.6 Å². The number of halogens is 2. The summed E-state index contributed by atoms with van der Waals surface area (Å²) in [6.45, 7) is 1.64. The van der Waals surface area contributed by atoms with Crippen molar-refractivity contribution in [3.63, 3.8) is 0 Å². The first-order valence-electron chi connectivity index (χ1n) is 7.02. The van der Waals surface area contributed by atoms with Gasteiger partial charge < -0.3 is 5.11 Å². The van der Waals surface area contributed by atoms with Crippen LogP contribution in [-0.2, 0) is 16.6 Å². The highest BCUT2D eigenvalue weighted by Crippen LogP contribution is 2.29. The highest BCUT2D eigenvalue weighted by atomic mass is 32.2. The number of aliphatic hydroxyl groups is 1. The average molecular weight is 319 g/mol. The second-order valence-electron chi connectivity index (χ2n) is 5.22. The summed E-state index contributed by atoms with van der Waals surface area (Å²) in [6, 6.07) is 1.63. The summed E-state index contributed by atoms with van der Waals surface area (Å²) >= 11 is 0. The first-order chi connectivity index (χ1) is 9.91. The Morgan fingerprint density at radius 1 is 1.33 bits per heavy atom. The Labute approximate surface area is 123 Å². The fraction of sp³-hybridized carbons (Fsp3) is 0.571. The van der Waals surface area contributed by atoms with E-state index in [1.165, 1.54) is 4.31 Å². The van der Waals surface area contributed by atoms with Gasteiger partial charge in [0.25, 0.3) is 0 Å². The van der Waals surface area contributed by atoms with Gasteiger partial charge in [-0.05, 0) is 37.0 Å². The summed E-state index contributed by atoms with van der Waals surface area (Å²) < 4.78 is 54.0. The lowest BCUT2D eigenvalue weighted by atomic mass is 10.0. The van der Waals surface area contributed by atoms with Gasteiger partial charge in [-0.15, -0.1) is 0 Å². The Morgan fingerprint density at radius 3 is 2.67 bits per heavy atom. The maximum absolute atomic E-state index is 13.9. The quantitative estimate of drug-likeness (QED) is 0.927. The van der Waals surface area contributed by atoms with Crippen molar-refractivity contribution in [2.75, 3.05) is 6.54 Å². The molecule has 1 saturated heterocycles. The molecule has 1 aromatic carbocycles. The first kappa shape index (κ1) is 16.3. The largest absolute Gasteiger partial charge is 0.392 e. The number of rotatable bonds is 4. The van der Waals surface area contributed by atoms with Gasteiger partial charge in [-0.2, -0.15) is 4.31 Å². The van der Waals surface area contributed by atoms with Crippen LogP contribution in [0.4, 0.5) is 8.78 Å². The predicted octanol–water partition coefficient (Wildman–Crippen LogP) is 2.41. The van der Waals surface area contributed by atoms with Gasteiger partial charge in [0.05, 0.1) is 6.61 Å². The zero-order valence-corrected chi connectivity index (χ0v) is 12.7. The van der Waals surface area contributed by atoms with Crippen LogP contribution in [0.3, 0.4) is 0 Å². The zero-order chi connectivity index (χ0) is 15.6. The lowest BCUT2D eigenvalue weighted by Gasteiger charge is -2.34.